The Balaban J connectivity index is 0.000000280. The van der Waals surface area contributed by atoms with Crippen LogP contribution >= 0.6 is 67.8 Å². The Morgan fingerprint density at radius 3 is 1.54 bits per heavy atom. The minimum Gasteiger partial charge on any atom is -0.282 e. The molecule has 0 spiro atoms. The van der Waals surface area contributed by atoms with Crippen LogP contribution in [0.5, 0.6) is 0 Å². The third-order valence-electron chi connectivity index (χ3n) is 2.94. The highest BCUT2D eigenvalue weighted by molar-refractivity contribution is 14.3. The Morgan fingerprint density at radius 2 is 1.18 bits per heavy atom. The Bertz CT molecular complexity index is 1030. The molecule has 2 N–H and O–H groups in total. The second-order valence-corrected chi connectivity index (χ2v) is 18.9. The lowest BCUT2D eigenvalue weighted by Crippen LogP contribution is -2.05. The van der Waals surface area contributed by atoms with Crippen LogP contribution in [-0.2, 0) is 25.8 Å². The third kappa shape index (κ3) is 8.54. The predicted octanol–water partition coefficient (Wildman–Crippen LogP) is 5.30. The molecule has 2 aromatic rings. The Hall–Kier alpha value is 0.240. The van der Waals surface area contributed by atoms with Crippen molar-refractivity contribution in [3.63, 3.8) is 0 Å². The average Bonchev–Trinajstić information content (AvgIpc) is 2.52. The second kappa shape index (κ2) is 9.58. The Labute approximate surface area is 200 Å². The van der Waals surface area contributed by atoms with Gasteiger partial charge in [-0.1, -0.05) is 12.1 Å². The fourth-order valence-electron chi connectivity index (χ4n) is 1.65. The molecule has 0 aliphatic rings. The molecule has 156 valence electrons. The lowest BCUT2D eigenvalue weighted by molar-refractivity contribution is -0.137. The van der Waals surface area contributed by atoms with E-state index in [0.717, 1.165) is 5.56 Å². The van der Waals surface area contributed by atoms with Gasteiger partial charge >= 0.3 is 6.18 Å². The number of hydrogen-bond acceptors (Lipinski definition) is 4. The molecule has 0 heterocycles. The van der Waals surface area contributed by atoms with Gasteiger partial charge < -0.3 is 0 Å². The van der Waals surface area contributed by atoms with Crippen molar-refractivity contribution in [2.45, 2.75) is 15.4 Å². The summed E-state index contributed by atoms with van der Waals surface area (Å²) in [5, 5.41) is 0. The third-order valence-corrected chi connectivity index (χ3v) is 6.52. The summed E-state index contributed by atoms with van der Waals surface area (Å²) in [4.78, 5) is -0.630. The van der Waals surface area contributed by atoms with Gasteiger partial charge in [0.15, 0.2) is 0 Å². The summed E-state index contributed by atoms with van der Waals surface area (Å²) < 4.78 is 95.8. The van der Waals surface area contributed by atoms with Crippen molar-refractivity contribution >= 4 is 88.0 Å². The summed E-state index contributed by atoms with van der Waals surface area (Å²) in [5.41, 5.74) is -0.126. The van der Waals surface area contributed by atoms with Crippen molar-refractivity contribution in [3.05, 3.63) is 59.7 Å². The summed E-state index contributed by atoms with van der Waals surface area (Å²) in [7, 11) is -8.53. The van der Waals surface area contributed by atoms with Crippen LogP contribution in [0, 0.1) is 0 Å². The largest absolute Gasteiger partial charge is 0.416 e. The van der Waals surface area contributed by atoms with E-state index in [0.29, 0.717) is 24.3 Å². The van der Waals surface area contributed by atoms with Gasteiger partial charge in [-0.05, 0) is 110 Å². The Morgan fingerprint density at radius 1 is 0.714 bits per heavy atom. The highest BCUT2D eigenvalue weighted by Crippen LogP contribution is 2.46. The van der Waals surface area contributed by atoms with E-state index in [-0.39, 0.29) is 4.33 Å². The van der Waals surface area contributed by atoms with Crippen LogP contribution in [0.2, 0.25) is 0 Å². The van der Waals surface area contributed by atoms with E-state index in [2.05, 4.69) is 67.8 Å². The van der Waals surface area contributed by atoms with Crippen molar-refractivity contribution < 1.29 is 39.1 Å². The minimum atomic E-state index is -4.52. The van der Waals surface area contributed by atoms with Crippen LogP contribution < -0.4 is 0 Å². The van der Waals surface area contributed by atoms with E-state index in [1.165, 1.54) is 12.1 Å². The smallest absolute Gasteiger partial charge is 0.282 e. The minimum absolute atomic E-state index is 0.0654. The molecule has 0 unspecified atom stereocenters. The molecule has 0 saturated heterocycles. The van der Waals surface area contributed by atoms with Crippen molar-refractivity contribution in [2.75, 3.05) is 0 Å². The van der Waals surface area contributed by atoms with Gasteiger partial charge in [0.05, 0.1) is 15.4 Å². The molecule has 14 heteroatoms. The summed E-state index contributed by atoms with van der Waals surface area (Å²) in [6, 6.07) is 8.83. The molecule has 6 nitrogen and oxygen atoms in total. The molecule has 0 saturated carbocycles. The summed E-state index contributed by atoms with van der Waals surface area (Å²) in [5.74, 6) is 0. The monoisotopic (exact) mass is 776 g/mol. The van der Waals surface area contributed by atoms with Gasteiger partial charge in [-0.3, -0.25) is 9.11 Å². The maximum absolute atomic E-state index is 12.0. The van der Waals surface area contributed by atoms with Crippen molar-refractivity contribution in [3.8, 4) is 0 Å². The van der Waals surface area contributed by atoms with E-state index in [9.17, 15) is 30.0 Å². The highest BCUT2D eigenvalue weighted by atomic mass is 127. The quantitative estimate of drug-likeness (QED) is 0.249. The summed E-state index contributed by atoms with van der Waals surface area (Å²) in [6.07, 6.45) is -4.52. The first-order valence-corrected chi connectivity index (χ1v) is 12.8. The predicted molar refractivity (Wildman–Crippen MR) is 121 cm³/mol. The fourth-order valence-corrected chi connectivity index (χ4v) is 3.66. The van der Waals surface area contributed by atoms with Crippen LogP contribution in [0.1, 0.15) is 11.1 Å². The molecular weight excluding hydrogens is 766 g/mol. The van der Waals surface area contributed by atoms with Crippen LogP contribution in [0.4, 0.5) is 13.2 Å². The topological polar surface area (TPSA) is 109 Å². The normalized spacial score (nSPS) is 12.9. The zero-order chi connectivity index (χ0) is 22.0. The van der Waals surface area contributed by atoms with E-state index >= 15 is 0 Å². The first kappa shape index (κ1) is 26.3. The van der Waals surface area contributed by atoms with Gasteiger partial charge in [0.25, 0.3) is 20.2 Å². The van der Waals surface area contributed by atoms with E-state index < -0.39 is 36.9 Å². The standard InChI is InChI=1S/C7H5F3O3S.C7H5I3O3S/c8-7(9,10)5-1-3-6(4-2-5)14(11,12)13;8-7(9,10)5-2-1-3-6(4-5)14(11,12)13/h2*1-4H,(H,11,12,13). The SMILES string of the molecule is O=S(=O)(O)c1ccc(C(F)(F)F)cc1.O=S(=O)(O)c1cccc(C(I)(I)I)c1. The molecule has 2 rings (SSSR count). The zero-order valence-electron chi connectivity index (χ0n) is 13.2. The van der Waals surface area contributed by atoms with Crippen LogP contribution in [0.3, 0.4) is 0 Å². The molecule has 28 heavy (non-hydrogen) atoms. The molecular formula is C14H10F3I3O6S2. The van der Waals surface area contributed by atoms with Crippen molar-refractivity contribution in [1.82, 2.24) is 0 Å². The number of rotatable bonds is 3. The summed E-state index contributed by atoms with van der Waals surface area (Å²) >= 11 is 6.55. The van der Waals surface area contributed by atoms with E-state index in [1.807, 2.05) is 6.07 Å². The first-order valence-electron chi connectivity index (χ1n) is 6.72. The van der Waals surface area contributed by atoms with Gasteiger partial charge in [0, 0.05) is 0 Å². The molecule has 0 aliphatic carbocycles. The molecule has 0 radical (unpaired) electrons. The number of alkyl halides is 6. The van der Waals surface area contributed by atoms with Gasteiger partial charge in [-0.15, -0.1) is 0 Å². The zero-order valence-corrected chi connectivity index (χ0v) is 21.3. The number of benzene rings is 2. The summed E-state index contributed by atoms with van der Waals surface area (Å²) in [6.45, 7) is 0. The van der Waals surface area contributed by atoms with Crippen LogP contribution in [-0.4, -0.2) is 25.9 Å². The molecule has 0 aliphatic heterocycles. The maximum atomic E-state index is 12.0. The van der Waals surface area contributed by atoms with Gasteiger partial charge in [-0.25, -0.2) is 0 Å². The highest BCUT2D eigenvalue weighted by Gasteiger charge is 2.30. The molecule has 0 aromatic heterocycles. The lowest BCUT2D eigenvalue weighted by Gasteiger charge is -2.12. The van der Waals surface area contributed by atoms with Gasteiger partial charge in [-0.2, -0.15) is 30.0 Å². The molecule has 0 amide bonds. The fraction of sp³-hybridized carbons (Fsp3) is 0.143. The maximum Gasteiger partial charge on any atom is 0.416 e. The van der Waals surface area contributed by atoms with Crippen LogP contribution in [0.25, 0.3) is 0 Å². The van der Waals surface area contributed by atoms with E-state index in [1.54, 1.807) is 6.07 Å². The average molecular weight is 776 g/mol. The van der Waals surface area contributed by atoms with Gasteiger partial charge in [0.2, 0.25) is 0 Å². The lowest BCUT2D eigenvalue weighted by atomic mass is 10.2. The second-order valence-electron chi connectivity index (χ2n) is 5.00. The Kier molecular flexibility index (Phi) is 8.99. The van der Waals surface area contributed by atoms with Gasteiger partial charge in [0.1, 0.15) is -0.565 Å². The molecule has 0 bridgehead atoms. The molecule has 0 atom stereocenters. The van der Waals surface area contributed by atoms with E-state index in [4.69, 9.17) is 9.11 Å². The van der Waals surface area contributed by atoms with Crippen molar-refractivity contribution in [2.24, 2.45) is 0 Å². The van der Waals surface area contributed by atoms with Crippen LogP contribution in [0.15, 0.2) is 58.3 Å². The molecule has 2 aromatic carbocycles. The number of hydrogen-bond donors (Lipinski definition) is 2. The number of halogens is 6. The first-order chi connectivity index (χ1) is 12.4. The molecule has 0 fully saturated rings. The van der Waals surface area contributed by atoms with Crippen molar-refractivity contribution in [1.29, 1.82) is 0 Å².